The number of hydrogen-bond acceptors (Lipinski definition) is 2. The van der Waals surface area contributed by atoms with E-state index in [-0.39, 0.29) is 11.3 Å². The number of carbonyl (C=O) groups is 1. The highest BCUT2D eigenvalue weighted by molar-refractivity contribution is 5.77. The zero-order chi connectivity index (χ0) is 14.7. The minimum Gasteiger partial charge on any atom is -0.340 e. The lowest BCUT2D eigenvalue weighted by Crippen LogP contribution is -2.48. The van der Waals surface area contributed by atoms with Crippen LogP contribution >= 0.6 is 0 Å². The van der Waals surface area contributed by atoms with E-state index >= 15 is 0 Å². The van der Waals surface area contributed by atoms with Gasteiger partial charge in [-0.05, 0) is 12.0 Å². The molecule has 2 aromatic rings. The Bertz CT molecular complexity index is 594. The molecule has 1 aromatic heterocycles. The first kappa shape index (κ1) is 13.9. The Kier molecular flexibility index (Phi) is 3.78. The molecule has 1 aliphatic heterocycles. The van der Waals surface area contributed by atoms with Crippen LogP contribution in [0.1, 0.15) is 25.3 Å². The molecule has 4 nitrogen and oxygen atoms in total. The van der Waals surface area contributed by atoms with Gasteiger partial charge in [0.25, 0.3) is 0 Å². The van der Waals surface area contributed by atoms with Gasteiger partial charge in [-0.25, -0.2) is 4.98 Å². The van der Waals surface area contributed by atoms with Gasteiger partial charge in [-0.15, -0.1) is 0 Å². The molecule has 3 rings (SSSR count). The molecule has 1 aromatic carbocycles. The van der Waals surface area contributed by atoms with Crippen molar-refractivity contribution in [3.63, 3.8) is 0 Å². The number of aromatic nitrogens is 2. The monoisotopic (exact) mass is 283 g/mol. The number of nitrogens with zero attached hydrogens (tertiary/aromatic N) is 3. The highest BCUT2D eigenvalue weighted by Crippen LogP contribution is 2.33. The number of imidazole rings is 1. The average molecular weight is 283 g/mol. The summed E-state index contributed by atoms with van der Waals surface area (Å²) in [6.45, 7) is 4.61. The molecule has 2 heterocycles. The van der Waals surface area contributed by atoms with Gasteiger partial charge in [0.2, 0.25) is 5.91 Å². The van der Waals surface area contributed by atoms with E-state index in [1.54, 1.807) is 12.5 Å². The zero-order valence-electron chi connectivity index (χ0n) is 12.4. The Labute approximate surface area is 125 Å². The average Bonchev–Trinajstić information content (AvgIpc) is 3.03. The summed E-state index contributed by atoms with van der Waals surface area (Å²) in [6.07, 6.45) is 7.06. The highest BCUT2D eigenvalue weighted by atomic mass is 16.2. The lowest BCUT2D eigenvalue weighted by Gasteiger charge is -2.40. The first-order chi connectivity index (χ1) is 10.2. The van der Waals surface area contributed by atoms with Crippen molar-refractivity contribution in [3.8, 4) is 0 Å². The van der Waals surface area contributed by atoms with Gasteiger partial charge in [-0.1, -0.05) is 37.3 Å². The summed E-state index contributed by atoms with van der Waals surface area (Å²) >= 11 is 0. The van der Waals surface area contributed by atoms with Crippen molar-refractivity contribution in [2.75, 3.05) is 13.1 Å². The summed E-state index contributed by atoms with van der Waals surface area (Å²) in [5.74, 6) is 0.267. The predicted octanol–water partition coefficient (Wildman–Crippen LogP) is 2.46. The summed E-state index contributed by atoms with van der Waals surface area (Å²) in [7, 11) is 0. The van der Waals surface area contributed by atoms with E-state index in [0.717, 1.165) is 26.1 Å². The Morgan fingerprint density at radius 2 is 2.05 bits per heavy atom. The van der Waals surface area contributed by atoms with E-state index in [2.05, 4.69) is 36.2 Å². The fourth-order valence-corrected chi connectivity index (χ4v) is 3.06. The molecule has 1 atom stereocenters. The van der Waals surface area contributed by atoms with Crippen LogP contribution in [0.25, 0.3) is 0 Å². The number of benzene rings is 1. The van der Waals surface area contributed by atoms with Crippen molar-refractivity contribution in [2.45, 2.75) is 31.7 Å². The first-order valence-electron chi connectivity index (χ1n) is 7.46. The summed E-state index contributed by atoms with van der Waals surface area (Å²) < 4.78 is 2.02. The molecule has 0 radical (unpaired) electrons. The van der Waals surface area contributed by atoms with Crippen LogP contribution < -0.4 is 0 Å². The highest BCUT2D eigenvalue weighted by Gasteiger charge is 2.35. The molecule has 1 saturated heterocycles. The molecule has 0 N–H and O–H groups in total. The minimum absolute atomic E-state index is 0.0596. The van der Waals surface area contributed by atoms with E-state index in [9.17, 15) is 4.79 Å². The van der Waals surface area contributed by atoms with E-state index in [0.29, 0.717) is 6.42 Å². The molecule has 0 spiro atoms. The maximum Gasteiger partial charge on any atom is 0.222 e. The zero-order valence-corrected chi connectivity index (χ0v) is 12.4. The summed E-state index contributed by atoms with van der Waals surface area (Å²) in [5.41, 5.74) is 1.38. The standard InChI is InChI=1S/C17H21N3O/c1-17(15-5-3-2-4-6-15)8-7-16(21)20(13-17)12-11-19-10-9-18-14-19/h2-6,9-10,14H,7-8,11-13H2,1H3/t17-/m1/s1. The Balaban J connectivity index is 1.71. The van der Waals surface area contributed by atoms with Crippen molar-refractivity contribution in [2.24, 2.45) is 0 Å². The summed E-state index contributed by atoms with van der Waals surface area (Å²) in [5, 5.41) is 0. The molecule has 110 valence electrons. The summed E-state index contributed by atoms with van der Waals surface area (Å²) in [4.78, 5) is 18.2. The predicted molar refractivity (Wildman–Crippen MR) is 81.8 cm³/mol. The van der Waals surface area contributed by atoms with Crippen molar-refractivity contribution < 1.29 is 4.79 Å². The molecule has 1 fully saturated rings. The quantitative estimate of drug-likeness (QED) is 0.864. The number of likely N-dealkylation sites (tertiary alicyclic amines) is 1. The Morgan fingerprint density at radius 3 is 2.76 bits per heavy atom. The second-order valence-electron chi connectivity index (χ2n) is 6.04. The number of hydrogen-bond donors (Lipinski definition) is 0. The number of piperidine rings is 1. The molecule has 4 heteroatoms. The molecule has 1 aliphatic rings. The number of amides is 1. The molecule has 0 aliphatic carbocycles. The fraction of sp³-hybridized carbons (Fsp3) is 0.412. The fourth-order valence-electron chi connectivity index (χ4n) is 3.06. The van der Waals surface area contributed by atoms with E-state index in [1.807, 2.05) is 21.7 Å². The van der Waals surface area contributed by atoms with Crippen molar-refractivity contribution in [3.05, 3.63) is 54.6 Å². The molecule has 0 unspecified atom stereocenters. The van der Waals surface area contributed by atoms with Crippen LogP contribution in [0.4, 0.5) is 0 Å². The number of carbonyl (C=O) groups excluding carboxylic acids is 1. The van der Waals surface area contributed by atoms with Gasteiger partial charge in [-0.3, -0.25) is 4.79 Å². The second-order valence-corrected chi connectivity index (χ2v) is 6.04. The molecule has 0 saturated carbocycles. The summed E-state index contributed by atoms with van der Waals surface area (Å²) in [6, 6.07) is 10.5. The molecular formula is C17H21N3O. The third-order valence-electron chi connectivity index (χ3n) is 4.44. The molecular weight excluding hydrogens is 262 g/mol. The molecule has 1 amide bonds. The van der Waals surface area contributed by atoms with Gasteiger partial charge in [0.05, 0.1) is 6.33 Å². The van der Waals surface area contributed by atoms with Gasteiger partial charge in [0, 0.05) is 43.9 Å². The van der Waals surface area contributed by atoms with Gasteiger partial charge in [0.1, 0.15) is 0 Å². The topological polar surface area (TPSA) is 38.1 Å². The third-order valence-corrected chi connectivity index (χ3v) is 4.44. The van der Waals surface area contributed by atoms with Gasteiger partial charge in [-0.2, -0.15) is 0 Å². The van der Waals surface area contributed by atoms with Gasteiger partial charge < -0.3 is 9.47 Å². The maximum absolute atomic E-state index is 12.2. The van der Waals surface area contributed by atoms with Crippen LogP contribution in [0.15, 0.2) is 49.1 Å². The van der Waals surface area contributed by atoms with Gasteiger partial charge >= 0.3 is 0 Å². The van der Waals surface area contributed by atoms with E-state index in [4.69, 9.17) is 0 Å². The normalized spacial score (nSPS) is 22.5. The Morgan fingerprint density at radius 1 is 1.24 bits per heavy atom. The second kappa shape index (κ2) is 5.72. The van der Waals surface area contributed by atoms with Crippen molar-refractivity contribution in [1.29, 1.82) is 0 Å². The molecule has 21 heavy (non-hydrogen) atoms. The maximum atomic E-state index is 12.2. The SMILES string of the molecule is C[C@@]1(c2ccccc2)CCC(=O)N(CCn2ccnc2)C1. The van der Waals surface area contributed by atoms with Crippen LogP contribution in [0, 0.1) is 0 Å². The Hall–Kier alpha value is -2.10. The van der Waals surface area contributed by atoms with Crippen LogP contribution in [-0.4, -0.2) is 33.4 Å². The van der Waals surface area contributed by atoms with Crippen molar-refractivity contribution in [1.82, 2.24) is 14.5 Å². The lowest BCUT2D eigenvalue weighted by molar-refractivity contribution is -0.135. The van der Waals surface area contributed by atoms with E-state index < -0.39 is 0 Å². The lowest BCUT2D eigenvalue weighted by atomic mass is 9.76. The molecule has 0 bridgehead atoms. The van der Waals surface area contributed by atoms with Crippen LogP contribution in [0.2, 0.25) is 0 Å². The van der Waals surface area contributed by atoms with Crippen LogP contribution in [0.5, 0.6) is 0 Å². The van der Waals surface area contributed by atoms with Crippen LogP contribution in [0.3, 0.4) is 0 Å². The van der Waals surface area contributed by atoms with Crippen molar-refractivity contribution >= 4 is 5.91 Å². The minimum atomic E-state index is 0.0596. The third kappa shape index (κ3) is 2.99. The number of rotatable bonds is 4. The largest absolute Gasteiger partial charge is 0.340 e. The van der Waals surface area contributed by atoms with E-state index in [1.165, 1.54) is 5.56 Å². The smallest absolute Gasteiger partial charge is 0.222 e. The first-order valence-corrected chi connectivity index (χ1v) is 7.46. The van der Waals surface area contributed by atoms with Gasteiger partial charge in [0.15, 0.2) is 0 Å². The van der Waals surface area contributed by atoms with Crippen LogP contribution in [-0.2, 0) is 16.8 Å².